The van der Waals surface area contributed by atoms with E-state index in [1.165, 1.54) is 12.1 Å². The number of tetrazole rings is 1. The fraction of sp³-hybridized carbons (Fsp3) is 0.368. The summed E-state index contributed by atoms with van der Waals surface area (Å²) in [5, 5.41) is 57.9. The van der Waals surface area contributed by atoms with E-state index in [1.54, 1.807) is 37.5 Å². The maximum atomic E-state index is 13.5. The molecule has 58 heavy (non-hydrogen) atoms. The van der Waals surface area contributed by atoms with E-state index in [-0.39, 0.29) is 54.7 Å². The Morgan fingerprint density at radius 3 is 2.28 bits per heavy atom. The fourth-order valence-electron chi connectivity index (χ4n) is 5.83. The van der Waals surface area contributed by atoms with Gasteiger partial charge in [0.2, 0.25) is 12.1 Å². The summed E-state index contributed by atoms with van der Waals surface area (Å²) in [7, 11) is 0. The van der Waals surface area contributed by atoms with E-state index in [2.05, 4.69) is 25.1 Å². The third-order valence-electron chi connectivity index (χ3n) is 8.51. The zero-order valence-electron chi connectivity index (χ0n) is 32.3. The van der Waals surface area contributed by atoms with Crippen LogP contribution < -0.4 is 4.74 Å². The van der Waals surface area contributed by atoms with Crippen molar-refractivity contribution < 1.29 is 59.4 Å². The maximum Gasteiger partial charge on any atom is 0.515 e. The number of carbonyl (C=O) groups is 2. The van der Waals surface area contributed by atoms with E-state index in [0.717, 1.165) is 27.9 Å². The van der Waals surface area contributed by atoms with Crippen molar-refractivity contribution in [3.63, 3.8) is 0 Å². The lowest BCUT2D eigenvalue weighted by molar-refractivity contribution is -0.497. The molecule has 3 aromatic carbocycles. The van der Waals surface area contributed by atoms with Gasteiger partial charge in [0.15, 0.2) is 5.69 Å². The molecule has 0 amide bonds. The first kappa shape index (κ1) is 43.4. The third kappa shape index (κ3) is 11.9. The van der Waals surface area contributed by atoms with Gasteiger partial charge in [0.25, 0.3) is 0 Å². The van der Waals surface area contributed by atoms with Crippen molar-refractivity contribution in [1.82, 2.24) is 40.5 Å². The topological polar surface area (TPSA) is 249 Å². The van der Waals surface area contributed by atoms with Gasteiger partial charge in [-0.1, -0.05) is 67.6 Å². The molecule has 0 saturated heterocycles. The van der Waals surface area contributed by atoms with Crippen LogP contribution in [0.5, 0.6) is 5.75 Å². The molecule has 0 spiro atoms. The zero-order valence-corrected chi connectivity index (χ0v) is 32.3. The largest absolute Gasteiger partial charge is 0.515 e. The van der Waals surface area contributed by atoms with Crippen LogP contribution in [-0.4, -0.2) is 91.8 Å². The van der Waals surface area contributed by atoms with Gasteiger partial charge in [-0.05, 0) is 79.6 Å². The second-order valence-corrected chi connectivity index (χ2v) is 13.5. The number of aliphatic hydroxyl groups is 1. The molecule has 5 aromatic rings. The molecule has 0 aliphatic carbocycles. The second kappa shape index (κ2) is 20.1. The predicted octanol–water partition coefficient (Wildman–Crippen LogP) is 5.63. The molecular formula is C38H46N8O12. The van der Waals surface area contributed by atoms with E-state index in [0.29, 0.717) is 36.2 Å². The maximum absolute atomic E-state index is 13.5. The number of hydrogen-bond acceptors (Lipinski definition) is 18. The quantitative estimate of drug-likeness (QED) is 0.0277. The van der Waals surface area contributed by atoms with Gasteiger partial charge in [-0.2, -0.15) is 0 Å². The Balaban J connectivity index is 1.30. The molecular weight excluding hydrogens is 760 g/mol. The first-order valence-electron chi connectivity index (χ1n) is 18.3. The standard InChI is InChI=1S/C38H46N8O12/c1-5-11-32-39-34(38(3,4)49)33(36(47)54-20-8-9-21-55-45(50)51)43(32)23-26-16-18-28(19-17-26)30-14-6-7-15-31(30)35-40-42-44(41-35)25(2)57-37(48)58-29-13-10-12-27(22-29)24-56-46(52)53/h6-7,10,12-19,22,25,49-53H,5,8-9,11,20-21,23-24H2,1-4H3. The van der Waals surface area contributed by atoms with Gasteiger partial charge in [0, 0.05) is 18.5 Å². The Labute approximate surface area is 332 Å². The molecule has 0 saturated carbocycles. The molecule has 2 aromatic heterocycles. The van der Waals surface area contributed by atoms with Crippen LogP contribution in [0.4, 0.5) is 4.79 Å². The molecule has 5 rings (SSSR count). The Bertz CT molecular complexity index is 2110. The van der Waals surface area contributed by atoms with E-state index in [9.17, 15) is 14.7 Å². The molecule has 1 unspecified atom stereocenters. The van der Waals surface area contributed by atoms with Crippen molar-refractivity contribution in [3.8, 4) is 28.3 Å². The van der Waals surface area contributed by atoms with Crippen LogP contribution >= 0.6 is 0 Å². The Hall–Kier alpha value is -5.68. The van der Waals surface area contributed by atoms with Crippen LogP contribution in [0.15, 0.2) is 72.8 Å². The number of rotatable bonds is 20. The Morgan fingerprint density at radius 2 is 1.59 bits per heavy atom. The van der Waals surface area contributed by atoms with Gasteiger partial charge in [-0.3, -0.25) is 25.7 Å². The van der Waals surface area contributed by atoms with Crippen LogP contribution in [0, 0.1) is 0 Å². The van der Waals surface area contributed by atoms with Gasteiger partial charge in [0.05, 0.1) is 30.6 Å². The second-order valence-electron chi connectivity index (χ2n) is 13.5. The van der Waals surface area contributed by atoms with Gasteiger partial charge in [-0.15, -0.1) is 15.0 Å². The number of unbranched alkanes of at least 4 members (excludes halogenated alkanes) is 1. The highest BCUT2D eigenvalue weighted by Crippen LogP contribution is 2.31. The number of imidazole rings is 1. The molecule has 0 fully saturated rings. The molecule has 0 bridgehead atoms. The number of aryl methyl sites for hydroxylation is 1. The van der Waals surface area contributed by atoms with Gasteiger partial charge >= 0.3 is 12.1 Å². The fourth-order valence-corrected chi connectivity index (χ4v) is 5.83. The van der Waals surface area contributed by atoms with Crippen LogP contribution in [0.25, 0.3) is 22.5 Å². The summed E-state index contributed by atoms with van der Waals surface area (Å²) in [6, 6.07) is 21.4. The van der Waals surface area contributed by atoms with Crippen molar-refractivity contribution in [2.24, 2.45) is 0 Å². The summed E-state index contributed by atoms with van der Waals surface area (Å²) in [5.74, 6) is 0.397. The molecule has 20 heteroatoms. The lowest BCUT2D eigenvalue weighted by Crippen LogP contribution is -2.23. The number of hydrogen-bond donors (Lipinski definition) is 5. The minimum absolute atomic E-state index is 0.0112. The van der Waals surface area contributed by atoms with Crippen molar-refractivity contribution in [2.45, 2.75) is 78.4 Å². The number of aromatic nitrogens is 6. The summed E-state index contributed by atoms with van der Waals surface area (Å²) >= 11 is 0. The summed E-state index contributed by atoms with van der Waals surface area (Å²) < 4.78 is 18.0. The van der Waals surface area contributed by atoms with Crippen LogP contribution in [0.1, 0.15) is 86.3 Å². The van der Waals surface area contributed by atoms with Crippen LogP contribution in [-0.2, 0) is 44.3 Å². The SMILES string of the molecule is CCCc1nc(C(C)(C)O)c(C(=O)OCCCCON(O)O)n1Cc1ccc(-c2ccccc2-c2nnn(C(C)OC(=O)Oc3cccc(CON(O)O)c3)n2)cc1. The van der Waals surface area contributed by atoms with Gasteiger partial charge < -0.3 is 23.9 Å². The van der Waals surface area contributed by atoms with Gasteiger partial charge in [-0.25, -0.2) is 19.4 Å². The van der Waals surface area contributed by atoms with E-state index in [4.69, 9.17) is 40.0 Å². The van der Waals surface area contributed by atoms with E-state index >= 15 is 0 Å². The number of benzene rings is 3. The number of esters is 1. The third-order valence-corrected chi connectivity index (χ3v) is 8.51. The first-order chi connectivity index (χ1) is 27.7. The number of nitrogens with zero attached hydrogens (tertiary/aromatic N) is 8. The monoisotopic (exact) mass is 806 g/mol. The lowest BCUT2D eigenvalue weighted by atomic mass is 9.98. The summed E-state index contributed by atoms with van der Waals surface area (Å²) in [6.07, 6.45) is 0.0649. The molecule has 5 N–H and O–H groups in total. The summed E-state index contributed by atoms with van der Waals surface area (Å²) in [4.78, 5) is 41.0. The predicted molar refractivity (Wildman–Crippen MR) is 199 cm³/mol. The molecule has 2 heterocycles. The van der Waals surface area contributed by atoms with Crippen LogP contribution in [0.3, 0.4) is 0 Å². The number of carbonyl (C=O) groups excluding carboxylic acids is 2. The van der Waals surface area contributed by atoms with Gasteiger partial charge in [0.1, 0.15) is 22.9 Å². The first-order valence-corrected chi connectivity index (χ1v) is 18.3. The molecule has 1 atom stereocenters. The zero-order chi connectivity index (χ0) is 41.8. The Kier molecular flexibility index (Phi) is 15.1. The molecule has 0 aliphatic rings. The average Bonchev–Trinajstić information content (AvgIpc) is 3.82. The smallest absolute Gasteiger partial charge is 0.461 e. The van der Waals surface area contributed by atoms with Crippen molar-refractivity contribution in [1.29, 1.82) is 0 Å². The van der Waals surface area contributed by atoms with Crippen molar-refractivity contribution in [3.05, 3.63) is 101 Å². The minimum atomic E-state index is -1.44. The highest BCUT2D eigenvalue weighted by atomic mass is 17.1. The van der Waals surface area contributed by atoms with Crippen molar-refractivity contribution >= 4 is 12.1 Å². The van der Waals surface area contributed by atoms with Crippen LogP contribution in [0.2, 0.25) is 0 Å². The lowest BCUT2D eigenvalue weighted by Gasteiger charge is -2.18. The van der Waals surface area contributed by atoms with E-state index < -0.39 is 29.3 Å². The minimum Gasteiger partial charge on any atom is -0.461 e. The highest BCUT2D eigenvalue weighted by molar-refractivity contribution is 5.89. The van der Waals surface area contributed by atoms with E-state index in [1.807, 2.05) is 55.5 Å². The Morgan fingerprint density at radius 1 is 0.879 bits per heavy atom. The molecule has 0 aliphatic heterocycles. The molecule has 310 valence electrons. The summed E-state index contributed by atoms with van der Waals surface area (Å²) in [5.41, 5.74) is 2.57. The molecule has 0 radical (unpaired) electrons. The normalized spacial score (nSPS) is 12.3. The highest BCUT2D eigenvalue weighted by Gasteiger charge is 2.32. The van der Waals surface area contributed by atoms with Crippen molar-refractivity contribution in [2.75, 3.05) is 13.2 Å². The summed E-state index contributed by atoms with van der Waals surface area (Å²) in [6.45, 7) is 6.79. The molecule has 20 nitrogen and oxygen atoms in total. The number of ether oxygens (including phenoxy) is 3. The average molecular weight is 807 g/mol.